The highest BCUT2D eigenvalue weighted by atomic mass is 32.1. The normalized spacial score (nSPS) is 21.6. The van der Waals surface area contributed by atoms with Crippen LogP contribution in [0.5, 0.6) is 0 Å². The number of para-hydroxylation sites is 1. The fraction of sp³-hybridized carbons (Fsp3) is 0.333. The molecule has 1 atom stereocenters. The summed E-state index contributed by atoms with van der Waals surface area (Å²) >= 11 is 1.77. The van der Waals surface area contributed by atoms with Gasteiger partial charge in [0.25, 0.3) is 0 Å². The summed E-state index contributed by atoms with van der Waals surface area (Å²) in [6.07, 6.45) is 5.50. The fourth-order valence-electron chi connectivity index (χ4n) is 3.64. The molecule has 0 saturated carbocycles. The Bertz CT molecular complexity index is 757. The van der Waals surface area contributed by atoms with Gasteiger partial charge in [-0.25, -0.2) is 0 Å². The summed E-state index contributed by atoms with van der Waals surface area (Å²) in [6.45, 7) is 0. The molecule has 2 heterocycles. The highest BCUT2D eigenvalue weighted by Crippen LogP contribution is 2.39. The van der Waals surface area contributed by atoms with E-state index in [0.29, 0.717) is 0 Å². The van der Waals surface area contributed by atoms with Crippen LogP contribution in [-0.2, 0) is 18.4 Å². The van der Waals surface area contributed by atoms with Crippen LogP contribution in [-0.4, -0.2) is 4.98 Å². The smallest absolute Gasteiger partial charge is 0.0568 e. The monoisotopic (exact) mass is 296 g/mol. The molecule has 3 aromatic rings. The van der Waals surface area contributed by atoms with Crippen molar-refractivity contribution in [1.82, 2.24) is 4.98 Å². The molecule has 108 valence electrons. The van der Waals surface area contributed by atoms with Crippen molar-refractivity contribution in [3.63, 3.8) is 0 Å². The van der Waals surface area contributed by atoms with Gasteiger partial charge in [-0.3, -0.25) is 0 Å². The number of benzene rings is 1. The van der Waals surface area contributed by atoms with Crippen LogP contribution in [0, 0.1) is 0 Å². The Hall–Kier alpha value is -1.58. The van der Waals surface area contributed by atoms with Crippen molar-refractivity contribution in [3.05, 3.63) is 57.9 Å². The van der Waals surface area contributed by atoms with Gasteiger partial charge in [-0.1, -0.05) is 18.2 Å². The third kappa shape index (κ3) is 2.21. The number of rotatable bonds is 3. The molecule has 0 spiro atoms. The van der Waals surface area contributed by atoms with E-state index in [2.05, 4.69) is 46.1 Å². The predicted molar refractivity (Wildman–Crippen MR) is 89.7 cm³/mol. The van der Waals surface area contributed by atoms with Crippen LogP contribution < -0.4 is 5.73 Å². The van der Waals surface area contributed by atoms with Crippen LogP contribution >= 0.6 is 11.3 Å². The number of H-pyrrole nitrogens is 1. The second kappa shape index (κ2) is 5.00. The lowest BCUT2D eigenvalue weighted by atomic mass is 9.77. The molecule has 0 amide bonds. The molecule has 4 rings (SSSR count). The van der Waals surface area contributed by atoms with Crippen LogP contribution in [0.4, 0.5) is 0 Å². The summed E-state index contributed by atoms with van der Waals surface area (Å²) in [6, 6.07) is 10.8. The summed E-state index contributed by atoms with van der Waals surface area (Å²) in [7, 11) is 0. The van der Waals surface area contributed by atoms with Crippen molar-refractivity contribution in [2.24, 2.45) is 5.73 Å². The zero-order valence-corrected chi connectivity index (χ0v) is 12.9. The van der Waals surface area contributed by atoms with Gasteiger partial charge >= 0.3 is 0 Å². The molecule has 1 aliphatic carbocycles. The van der Waals surface area contributed by atoms with Gasteiger partial charge in [0, 0.05) is 16.6 Å². The van der Waals surface area contributed by atoms with Gasteiger partial charge in [-0.05, 0) is 66.1 Å². The molecule has 1 aliphatic rings. The minimum absolute atomic E-state index is 0.200. The molecule has 1 unspecified atom stereocenters. The van der Waals surface area contributed by atoms with Gasteiger partial charge in [-0.15, -0.1) is 0 Å². The standard InChI is InChI=1S/C18H20N2S/c19-18(10-7-13-8-11-21-12-13)9-3-5-15-14-4-1-2-6-16(14)20-17(15)18/h1-2,4,6,8,11-12,20H,3,5,7,9-10,19H2. The summed E-state index contributed by atoms with van der Waals surface area (Å²) < 4.78 is 0. The third-order valence-electron chi connectivity index (χ3n) is 4.80. The van der Waals surface area contributed by atoms with Gasteiger partial charge in [0.2, 0.25) is 0 Å². The number of hydrogen-bond donors (Lipinski definition) is 2. The average molecular weight is 296 g/mol. The Kier molecular flexibility index (Phi) is 3.12. The molecular formula is C18H20N2S. The predicted octanol–water partition coefficient (Wildman–Crippen LogP) is 4.35. The lowest BCUT2D eigenvalue weighted by Crippen LogP contribution is -2.40. The van der Waals surface area contributed by atoms with Crippen molar-refractivity contribution in [3.8, 4) is 0 Å². The van der Waals surface area contributed by atoms with Gasteiger partial charge in [0.1, 0.15) is 0 Å². The van der Waals surface area contributed by atoms with E-state index in [1.165, 1.54) is 34.1 Å². The van der Waals surface area contributed by atoms with Crippen LogP contribution in [0.25, 0.3) is 10.9 Å². The second-order valence-corrected chi connectivity index (χ2v) is 6.95. The summed E-state index contributed by atoms with van der Waals surface area (Å²) in [4.78, 5) is 3.61. The van der Waals surface area contributed by atoms with Crippen LogP contribution in [0.1, 0.15) is 36.1 Å². The Morgan fingerprint density at radius 3 is 3.00 bits per heavy atom. The highest BCUT2D eigenvalue weighted by Gasteiger charge is 2.34. The molecule has 1 aromatic carbocycles. The third-order valence-corrected chi connectivity index (χ3v) is 5.53. The van der Waals surface area contributed by atoms with Crippen molar-refractivity contribution in [2.75, 3.05) is 0 Å². The molecule has 2 aromatic heterocycles. The number of aromatic nitrogens is 1. The van der Waals surface area contributed by atoms with Gasteiger partial charge in [0.05, 0.1) is 5.54 Å². The van der Waals surface area contributed by atoms with Crippen molar-refractivity contribution >= 4 is 22.2 Å². The van der Waals surface area contributed by atoms with E-state index in [1.807, 2.05) is 0 Å². The molecule has 0 radical (unpaired) electrons. The second-order valence-electron chi connectivity index (χ2n) is 6.17. The molecule has 21 heavy (non-hydrogen) atoms. The maximum Gasteiger partial charge on any atom is 0.0568 e. The first-order chi connectivity index (χ1) is 10.3. The molecule has 2 nitrogen and oxygen atoms in total. The van der Waals surface area contributed by atoms with Crippen LogP contribution in [0.3, 0.4) is 0 Å². The minimum Gasteiger partial charge on any atom is -0.357 e. The minimum atomic E-state index is -0.200. The summed E-state index contributed by atoms with van der Waals surface area (Å²) in [5, 5.41) is 5.74. The number of nitrogens with one attached hydrogen (secondary N) is 1. The van der Waals surface area contributed by atoms with E-state index in [9.17, 15) is 0 Å². The summed E-state index contributed by atoms with van der Waals surface area (Å²) in [5.74, 6) is 0. The van der Waals surface area contributed by atoms with Gasteiger partial charge in [-0.2, -0.15) is 11.3 Å². The molecular weight excluding hydrogens is 276 g/mol. The maximum atomic E-state index is 6.82. The van der Waals surface area contributed by atoms with Gasteiger partial charge < -0.3 is 10.7 Å². The Labute approximate surface area is 129 Å². The van der Waals surface area contributed by atoms with Crippen LogP contribution in [0.15, 0.2) is 41.1 Å². The molecule has 3 N–H and O–H groups in total. The fourth-order valence-corrected chi connectivity index (χ4v) is 4.35. The SMILES string of the molecule is NC1(CCc2ccsc2)CCCc2c1[nH]c1ccccc21. The molecule has 0 fully saturated rings. The molecule has 0 aliphatic heterocycles. The number of aromatic amines is 1. The molecule has 0 bridgehead atoms. The van der Waals surface area contributed by atoms with E-state index < -0.39 is 0 Å². The van der Waals surface area contributed by atoms with E-state index in [1.54, 1.807) is 11.3 Å². The van der Waals surface area contributed by atoms with E-state index in [-0.39, 0.29) is 5.54 Å². The number of fused-ring (bicyclic) bond motifs is 3. The summed E-state index contributed by atoms with van der Waals surface area (Å²) in [5.41, 5.74) is 12.0. The lowest BCUT2D eigenvalue weighted by molar-refractivity contribution is 0.339. The lowest BCUT2D eigenvalue weighted by Gasteiger charge is -2.34. The number of nitrogens with two attached hydrogens (primary N) is 1. The number of thiophene rings is 1. The Balaban J connectivity index is 1.71. The average Bonchev–Trinajstić information content (AvgIpc) is 3.14. The quantitative estimate of drug-likeness (QED) is 0.741. The zero-order valence-electron chi connectivity index (χ0n) is 12.1. The zero-order chi connectivity index (χ0) is 14.3. The van der Waals surface area contributed by atoms with E-state index >= 15 is 0 Å². The first-order valence-electron chi connectivity index (χ1n) is 7.66. The van der Waals surface area contributed by atoms with Crippen molar-refractivity contribution in [1.29, 1.82) is 0 Å². The Morgan fingerprint density at radius 1 is 1.24 bits per heavy atom. The van der Waals surface area contributed by atoms with E-state index in [4.69, 9.17) is 5.73 Å². The molecule has 0 saturated heterocycles. The van der Waals surface area contributed by atoms with E-state index in [0.717, 1.165) is 25.7 Å². The first kappa shape index (κ1) is 13.1. The highest BCUT2D eigenvalue weighted by molar-refractivity contribution is 7.07. The van der Waals surface area contributed by atoms with Gasteiger partial charge in [0.15, 0.2) is 0 Å². The molecule has 3 heteroatoms. The first-order valence-corrected chi connectivity index (χ1v) is 8.61. The number of aryl methyl sites for hydroxylation is 2. The number of hydrogen-bond acceptors (Lipinski definition) is 2. The maximum absolute atomic E-state index is 6.82. The van der Waals surface area contributed by atoms with Crippen LogP contribution in [0.2, 0.25) is 0 Å². The van der Waals surface area contributed by atoms with Crippen molar-refractivity contribution in [2.45, 2.75) is 37.6 Å². The Morgan fingerprint density at radius 2 is 2.14 bits per heavy atom. The topological polar surface area (TPSA) is 41.8 Å². The largest absolute Gasteiger partial charge is 0.357 e. The van der Waals surface area contributed by atoms with Crippen molar-refractivity contribution < 1.29 is 0 Å².